The molecule has 3 fully saturated rings. The Morgan fingerprint density at radius 2 is 1.88 bits per heavy atom. The van der Waals surface area contributed by atoms with Gasteiger partial charge < -0.3 is 20.1 Å². The first kappa shape index (κ1) is 23.9. The van der Waals surface area contributed by atoms with E-state index < -0.39 is 5.60 Å². The number of rotatable bonds is 6. The van der Waals surface area contributed by atoms with Gasteiger partial charge in [0, 0.05) is 56.3 Å². The van der Waals surface area contributed by atoms with Gasteiger partial charge in [0.05, 0.1) is 12.2 Å². The number of piperazine rings is 1. The van der Waals surface area contributed by atoms with Crippen LogP contribution in [0.25, 0.3) is 0 Å². The Morgan fingerprint density at radius 3 is 2.62 bits per heavy atom. The van der Waals surface area contributed by atoms with Crippen molar-refractivity contribution in [3.8, 4) is 5.75 Å². The van der Waals surface area contributed by atoms with Crippen LogP contribution < -0.4 is 15.0 Å². The smallest absolute Gasteiger partial charge is 0.223 e. The molecule has 3 heterocycles. The zero-order valence-corrected chi connectivity index (χ0v) is 20.8. The van der Waals surface area contributed by atoms with E-state index in [9.17, 15) is 9.90 Å². The number of nitrogens with zero attached hydrogens (tertiary/aromatic N) is 3. The molecule has 2 N–H and O–H groups in total. The highest BCUT2D eigenvalue weighted by molar-refractivity contribution is 5.79. The molecular weight excluding hydrogens is 428 g/mol. The molecule has 7 heteroatoms. The first-order valence-electron chi connectivity index (χ1n) is 13.6. The van der Waals surface area contributed by atoms with Crippen LogP contribution in [0.15, 0.2) is 12.3 Å². The topological polar surface area (TPSA) is 77.9 Å². The molecule has 0 bridgehead atoms. The largest absolute Gasteiger partial charge is 0.493 e. The second kappa shape index (κ2) is 10.4. The summed E-state index contributed by atoms with van der Waals surface area (Å²) in [6.07, 6.45) is 11.9. The molecule has 0 radical (unpaired) electrons. The van der Waals surface area contributed by atoms with E-state index in [0.29, 0.717) is 6.04 Å². The molecule has 1 saturated heterocycles. The van der Waals surface area contributed by atoms with E-state index in [0.717, 1.165) is 95.2 Å². The zero-order chi connectivity index (χ0) is 23.5. The third-order valence-electron chi connectivity index (χ3n) is 8.75. The molecular formula is C27H42N4O3. The average Bonchev–Trinajstić information content (AvgIpc) is 3.33. The number of ether oxygens (including phenoxy) is 1. The summed E-state index contributed by atoms with van der Waals surface area (Å²) in [6.45, 7) is 8.14. The van der Waals surface area contributed by atoms with Gasteiger partial charge in [-0.2, -0.15) is 0 Å². The van der Waals surface area contributed by atoms with Crippen LogP contribution in [0, 0.1) is 11.8 Å². The van der Waals surface area contributed by atoms with E-state index in [2.05, 4.69) is 20.1 Å². The van der Waals surface area contributed by atoms with Crippen molar-refractivity contribution in [2.45, 2.75) is 82.8 Å². The fourth-order valence-electron chi connectivity index (χ4n) is 6.33. The van der Waals surface area contributed by atoms with E-state index in [1.807, 2.05) is 19.2 Å². The molecule has 7 nitrogen and oxygen atoms in total. The average molecular weight is 471 g/mol. The maximum absolute atomic E-state index is 12.7. The lowest BCUT2D eigenvalue weighted by molar-refractivity contribution is -0.128. The van der Waals surface area contributed by atoms with E-state index >= 15 is 0 Å². The van der Waals surface area contributed by atoms with Crippen LogP contribution in [0.2, 0.25) is 0 Å². The van der Waals surface area contributed by atoms with Crippen molar-refractivity contribution in [3.63, 3.8) is 0 Å². The lowest BCUT2D eigenvalue weighted by Crippen LogP contribution is -2.47. The number of anilines is 1. The highest BCUT2D eigenvalue weighted by Gasteiger charge is 2.33. The monoisotopic (exact) mass is 470 g/mol. The Balaban J connectivity index is 0.990. The Bertz CT molecular complexity index is 834. The number of aliphatic hydroxyl groups is 1. The molecule has 0 unspecified atom stereocenters. The molecule has 1 aromatic rings. The molecule has 2 saturated carbocycles. The minimum Gasteiger partial charge on any atom is -0.493 e. The van der Waals surface area contributed by atoms with E-state index in [-0.39, 0.29) is 11.8 Å². The molecule has 4 aliphatic rings. The summed E-state index contributed by atoms with van der Waals surface area (Å²) in [5.74, 6) is 3.25. The van der Waals surface area contributed by atoms with Gasteiger partial charge in [0.15, 0.2) is 0 Å². The number of hydrogen-bond donors (Lipinski definition) is 2. The molecule has 1 aromatic heterocycles. The first-order valence-corrected chi connectivity index (χ1v) is 13.6. The van der Waals surface area contributed by atoms with Crippen LogP contribution in [-0.2, 0) is 11.2 Å². The van der Waals surface area contributed by atoms with Crippen LogP contribution >= 0.6 is 0 Å². The minimum atomic E-state index is -0.575. The van der Waals surface area contributed by atoms with Gasteiger partial charge in [0.1, 0.15) is 11.6 Å². The number of hydrogen-bond acceptors (Lipinski definition) is 6. The molecule has 2 aliphatic heterocycles. The lowest BCUT2D eigenvalue weighted by Gasteiger charge is -2.37. The van der Waals surface area contributed by atoms with E-state index in [4.69, 9.17) is 4.74 Å². The molecule has 0 spiro atoms. The summed E-state index contributed by atoms with van der Waals surface area (Å²) >= 11 is 0. The van der Waals surface area contributed by atoms with Gasteiger partial charge in [-0.3, -0.25) is 9.69 Å². The third kappa shape index (κ3) is 5.68. The van der Waals surface area contributed by atoms with Crippen molar-refractivity contribution in [2.75, 3.05) is 44.2 Å². The number of amides is 1. The molecule has 0 atom stereocenters. The number of nitrogens with one attached hydrogen (secondary N) is 1. The second-order valence-corrected chi connectivity index (χ2v) is 11.3. The maximum atomic E-state index is 12.7. The second-order valence-electron chi connectivity index (χ2n) is 11.3. The maximum Gasteiger partial charge on any atom is 0.223 e. The van der Waals surface area contributed by atoms with Crippen LogP contribution in [0.1, 0.15) is 70.3 Å². The van der Waals surface area contributed by atoms with Gasteiger partial charge in [-0.15, -0.1) is 0 Å². The summed E-state index contributed by atoms with van der Waals surface area (Å²) in [4.78, 5) is 22.4. The highest BCUT2D eigenvalue weighted by Crippen LogP contribution is 2.34. The van der Waals surface area contributed by atoms with Crippen molar-refractivity contribution >= 4 is 11.7 Å². The summed E-state index contributed by atoms with van der Waals surface area (Å²) in [5.41, 5.74) is 0.713. The van der Waals surface area contributed by atoms with Crippen molar-refractivity contribution in [1.82, 2.24) is 15.2 Å². The van der Waals surface area contributed by atoms with Crippen LogP contribution in [0.4, 0.5) is 5.82 Å². The van der Waals surface area contributed by atoms with Crippen LogP contribution in [0.3, 0.4) is 0 Å². The number of pyridine rings is 1. The van der Waals surface area contributed by atoms with Crippen molar-refractivity contribution in [1.29, 1.82) is 0 Å². The van der Waals surface area contributed by atoms with Gasteiger partial charge in [-0.25, -0.2) is 4.98 Å². The Hall–Kier alpha value is -1.86. The third-order valence-corrected chi connectivity index (χ3v) is 8.75. The molecule has 188 valence electrons. The lowest BCUT2D eigenvalue weighted by atomic mass is 9.79. The highest BCUT2D eigenvalue weighted by atomic mass is 16.5. The normalized spacial score (nSPS) is 32.2. The summed E-state index contributed by atoms with van der Waals surface area (Å²) in [5, 5.41) is 13.5. The van der Waals surface area contributed by atoms with Gasteiger partial charge in [-0.05, 0) is 83.2 Å². The fourth-order valence-corrected chi connectivity index (χ4v) is 6.33. The quantitative estimate of drug-likeness (QED) is 0.665. The predicted octanol–water partition coefficient (Wildman–Crippen LogP) is 3.14. The van der Waals surface area contributed by atoms with Crippen molar-refractivity contribution < 1.29 is 14.6 Å². The Kier molecular flexibility index (Phi) is 7.30. The van der Waals surface area contributed by atoms with Gasteiger partial charge in [0.2, 0.25) is 5.91 Å². The summed E-state index contributed by atoms with van der Waals surface area (Å²) in [7, 11) is 0. The number of fused-ring (bicyclic) bond motifs is 1. The zero-order valence-electron chi connectivity index (χ0n) is 20.8. The number of carbonyl (C=O) groups is 1. The van der Waals surface area contributed by atoms with E-state index in [1.165, 1.54) is 31.4 Å². The SMILES string of the molecule is C[C@]1(O)CC[C@@H](C(=O)NC2CCC(CCN3CCN(c4nccc5c4CCO5)CC3)CC2)CC1. The molecule has 34 heavy (non-hydrogen) atoms. The van der Waals surface area contributed by atoms with Crippen LogP contribution in [-0.4, -0.2) is 71.9 Å². The van der Waals surface area contributed by atoms with Crippen LogP contribution in [0.5, 0.6) is 5.75 Å². The minimum absolute atomic E-state index is 0.0938. The molecule has 1 amide bonds. The van der Waals surface area contributed by atoms with Gasteiger partial charge in [0.25, 0.3) is 0 Å². The number of carbonyl (C=O) groups excluding carboxylic acids is 1. The number of aromatic nitrogens is 1. The molecule has 0 aromatic carbocycles. The summed E-state index contributed by atoms with van der Waals surface area (Å²) < 4.78 is 5.71. The summed E-state index contributed by atoms with van der Waals surface area (Å²) in [6, 6.07) is 2.34. The van der Waals surface area contributed by atoms with E-state index in [1.54, 1.807) is 0 Å². The van der Waals surface area contributed by atoms with Crippen molar-refractivity contribution in [2.24, 2.45) is 11.8 Å². The van der Waals surface area contributed by atoms with Crippen molar-refractivity contribution in [3.05, 3.63) is 17.8 Å². The Morgan fingerprint density at radius 1 is 1.15 bits per heavy atom. The molecule has 2 aliphatic carbocycles. The first-order chi connectivity index (χ1) is 16.5. The predicted molar refractivity (Wildman–Crippen MR) is 133 cm³/mol. The fraction of sp³-hybridized carbons (Fsp3) is 0.778. The van der Waals surface area contributed by atoms with Gasteiger partial charge >= 0.3 is 0 Å². The van der Waals surface area contributed by atoms with Gasteiger partial charge in [-0.1, -0.05) is 0 Å². The Labute approximate surface area is 204 Å². The standard InChI is InChI=1S/C27H42N4O3/c1-27(33)11-6-21(7-12-27)26(32)29-22-4-2-20(3-5-22)9-14-30-15-17-31(18-16-30)25-23-10-19-34-24(23)8-13-28-25/h8,13,20-22,33H,2-7,9-12,14-19H2,1H3,(H,29,32)/t20?,21-,22?,27+. The molecule has 5 rings (SSSR count).